The number of nitrogens with zero attached hydrogens (tertiary/aromatic N) is 1. The van der Waals surface area contributed by atoms with Gasteiger partial charge in [0.15, 0.2) is 14.1 Å². The van der Waals surface area contributed by atoms with E-state index in [1.165, 1.54) is 19.1 Å². The molecule has 2 saturated heterocycles. The van der Waals surface area contributed by atoms with Gasteiger partial charge in [-0.3, -0.25) is 19.2 Å². The molecular weight excluding hydrogens is 947 g/mol. The van der Waals surface area contributed by atoms with Crippen molar-refractivity contribution in [2.45, 2.75) is 219 Å². The van der Waals surface area contributed by atoms with Crippen LogP contribution in [0, 0.1) is 35.5 Å². The molecule has 1 aliphatic carbocycles. The molecule has 1 N–H and O–H groups in total. The Balaban J connectivity index is 1.72. The monoisotopic (exact) mass is 1040 g/mol. The molecule has 73 heavy (non-hydrogen) atoms. The summed E-state index contributed by atoms with van der Waals surface area (Å²) in [6.45, 7) is 24.5. The lowest BCUT2D eigenvalue weighted by molar-refractivity contribution is -0.265. The van der Waals surface area contributed by atoms with Crippen LogP contribution in [0.1, 0.15) is 146 Å². The topological polar surface area (TPSA) is 173 Å². The molecule has 2 bridgehead atoms. The minimum Gasteiger partial charge on any atom is -0.460 e. The van der Waals surface area contributed by atoms with Gasteiger partial charge in [-0.1, -0.05) is 91.8 Å². The Bertz CT molecular complexity index is 1990. The maximum atomic E-state index is 14.7. The van der Waals surface area contributed by atoms with Crippen molar-refractivity contribution >= 4 is 37.5 Å². The first-order chi connectivity index (χ1) is 34.2. The van der Waals surface area contributed by atoms with E-state index >= 15 is 0 Å². The molecule has 4 rings (SSSR count). The van der Waals surface area contributed by atoms with E-state index in [-0.39, 0.29) is 71.9 Å². The Morgan fingerprint density at radius 2 is 1.49 bits per heavy atom. The number of piperidine rings is 1. The van der Waals surface area contributed by atoms with E-state index < -0.39 is 80.2 Å². The highest BCUT2D eigenvalue weighted by Crippen LogP contribution is 2.42. The summed E-state index contributed by atoms with van der Waals surface area (Å²) in [6.07, 6.45) is 14.1. The highest BCUT2D eigenvalue weighted by atomic mass is 28.4. The summed E-state index contributed by atoms with van der Waals surface area (Å²) in [6, 6.07) is -1.12. The number of rotatable bonds is 9. The van der Waals surface area contributed by atoms with Crippen LogP contribution in [-0.4, -0.2) is 137 Å². The quantitative estimate of drug-likeness (QED) is 0.100. The lowest BCUT2D eigenvalue weighted by atomic mass is 9.78. The largest absolute Gasteiger partial charge is 0.460 e. The lowest BCUT2D eigenvalue weighted by Crippen LogP contribution is -2.61. The van der Waals surface area contributed by atoms with E-state index in [4.69, 9.17) is 32.8 Å². The number of hydrogen-bond acceptors (Lipinski definition) is 13. The number of allylic oxidation sites excluding steroid dienone is 6. The number of aliphatic hydroxyl groups is 1. The van der Waals surface area contributed by atoms with Crippen LogP contribution in [0.25, 0.3) is 0 Å². The fourth-order valence-electron chi connectivity index (χ4n) is 11.1. The van der Waals surface area contributed by atoms with Crippen molar-refractivity contribution < 1.29 is 61.9 Å². The SMILES string of the molecule is CO[C@H]1C[C@@H]2CC[C@@H](C)[C@@](O)(O2)C(=O)C(=O)N2CCCC[C@H]2C(=O)O[C@H]([C@H](C)C[C@@H]2CC[C@@H](O[Si](C)(C)C(C)(C)C)[C@H](OC)C2)CC(=O)[C@H](C)/C=C(\C)[C@@H](OC)[C@@H](OC)C(=O)[C@H](C)C[C@H](C)/C=C/C=C/C=C/1C. The standard InChI is InChI=1S/C58H95NO13Si/c1-36-22-18-17-19-23-37(2)48(66-11)34-44-27-25-42(7)58(65,71-44)54(62)55(63)59-29-21-20-24-45(59)56(64)70-49(35-46(60)38(3)31-41(6)52(68-13)53(69-14)51(61)40(5)30-36)39(4)32-43-26-28-47(50(33-43)67-12)72-73(15,16)57(8,9)10/h17-19,22-23,31,36,38-40,42-45,47-50,52-53,65H,20-21,24-30,32-35H2,1-16H3/b19-17+,22-18+,37-23+,41-31+/t36-,38-,39-,40-,42-,43+,44+,45+,47-,48+,49+,50-,52-,53+,58-/m1/s1. The lowest BCUT2D eigenvalue weighted by Gasteiger charge is -2.44. The Kier molecular flexibility index (Phi) is 23.7. The molecule has 0 aromatic heterocycles. The number of Topliss-reactive ketones (excluding diaryl/α,β-unsaturated/α-hetero) is 3. The Hall–Kier alpha value is -3.15. The van der Waals surface area contributed by atoms with Crippen LogP contribution in [0.5, 0.6) is 0 Å². The normalized spacial score (nSPS) is 37.8. The first-order valence-corrected chi connectivity index (χ1v) is 30.1. The average Bonchev–Trinajstić information content (AvgIpc) is 3.34. The van der Waals surface area contributed by atoms with Crippen molar-refractivity contribution in [3.63, 3.8) is 0 Å². The Morgan fingerprint density at radius 3 is 2.12 bits per heavy atom. The molecular formula is C58H95NO13Si. The zero-order valence-electron chi connectivity index (χ0n) is 47.5. The second kappa shape index (κ2) is 27.8. The minimum absolute atomic E-state index is 0.0365. The van der Waals surface area contributed by atoms with Crippen molar-refractivity contribution in [3.8, 4) is 0 Å². The molecule has 0 spiro atoms. The van der Waals surface area contributed by atoms with E-state index in [9.17, 15) is 29.1 Å². The van der Waals surface area contributed by atoms with Gasteiger partial charge in [0.2, 0.25) is 5.79 Å². The summed E-state index contributed by atoms with van der Waals surface area (Å²) < 4.78 is 43.2. The summed E-state index contributed by atoms with van der Waals surface area (Å²) in [5, 5.41) is 12.1. The van der Waals surface area contributed by atoms with E-state index in [2.05, 4.69) is 40.8 Å². The molecule has 414 valence electrons. The van der Waals surface area contributed by atoms with Crippen LogP contribution in [0.3, 0.4) is 0 Å². The number of ketones is 3. The van der Waals surface area contributed by atoms with Crippen LogP contribution < -0.4 is 0 Å². The summed E-state index contributed by atoms with van der Waals surface area (Å²) in [7, 11) is 4.26. The van der Waals surface area contributed by atoms with Gasteiger partial charge in [-0.25, -0.2) is 4.79 Å². The maximum absolute atomic E-state index is 14.7. The number of ether oxygens (including phenoxy) is 6. The van der Waals surface area contributed by atoms with Gasteiger partial charge in [0.25, 0.3) is 11.7 Å². The summed E-state index contributed by atoms with van der Waals surface area (Å²) in [4.78, 5) is 73.2. The molecule has 14 nitrogen and oxygen atoms in total. The summed E-state index contributed by atoms with van der Waals surface area (Å²) in [5.41, 5.74) is 1.56. The second-order valence-electron chi connectivity index (χ2n) is 23.7. The van der Waals surface area contributed by atoms with Crippen LogP contribution in [0.4, 0.5) is 0 Å². The van der Waals surface area contributed by atoms with Gasteiger partial charge in [0.05, 0.1) is 24.4 Å². The average molecular weight is 1040 g/mol. The molecule has 4 aliphatic rings. The molecule has 1 saturated carbocycles. The van der Waals surface area contributed by atoms with Gasteiger partial charge in [-0.2, -0.15) is 0 Å². The van der Waals surface area contributed by atoms with Crippen molar-refractivity contribution in [1.82, 2.24) is 4.90 Å². The van der Waals surface area contributed by atoms with Gasteiger partial charge < -0.3 is 42.9 Å². The molecule has 0 aromatic rings. The van der Waals surface area contributed by atoms with Crippen LogP contribution in [0.2, 0.25) is 18.1 Å². The third-order valence-corrected chi connectivity index (χ3v) is 21.4. The fourth-order valence-corrected chi connectivity index (χ4v) is 12.5. The Labute approximate surface area is 439 Å². The van der Waals surface area contributed by atoms with Crippen LogP contribution in [-0.2, 0) is 56.8 Å². The van der Waals surface area contributed by atoms with Gasteiger partial charge in [-0.15, -0.1) is 0 Å². The summed E-state index contributed by atoms with van der Waals surface area (Å²) >= 11 is 0. The van der Waals surface area contributed by atoms with Gasteiger partial charge in [0.1, 0.15) is 30.1 Å². The van der Waals surface area contributed by atoms with Crippen LogP contribution in [0.15, 0.2) is 47.6 Å². The number of carbonyl (C=O) groups excluding carboxylic acids is 5. The number of methoxy groups -OCH3 is 4. The highest BCUT2D eigenvalue weighted by Gasteiger charge is 2.53. The summed E-state index contributed by atoms with van der Waals surface area (Å²) in [5.74, 6) is -7.26. The van der Waals surface area contributed by atoms with E-state index in [1.807, 2.05) is 58.1 Å². The van der Waals surface area contributed by atoms with E-state index in [1.54, 1.807) is 34.1 Å². The predicted molar refractivity (Wildman–Crippen MR) is 286 cm³/mol. The number of carbonyl (C=O) groups is 5. The minimum atomic E-state index is -2.42. The fraction of sp³-hybridized carbons (Fsp3) is 0.776. The number of esters is 1. The van der Waals surface area contributed by atoms with Crippen molar-refractivity contribution in [3.05, 3.63) is 47.6 Å². The van der Waals surface area contributed by atoms with Crippen molar-refractivity contribution in [2.75, 3.05) is 35.0 Å². The molecule has 0 radical (unpaired) electrons. The number of amides is 1. The smallest absolute Gasteiger partial charge is 0.329 e. The van der Waals surface area contributed by atoms with Gasteiger partial charge in [0, 0.05) is 65.6 Å². The Morgan fingerprint density at radius 1 is 0.808 bits per heavy atom. The molecule has 3 heterocycles. The van der Waals surface area contributed by atoms with Gasteiger partial charge in [-0.05, 0) is 125 Å². The molecule has 15 atom stereocenters. The number of fused-ring (bicyclic) bond motifs is 3. The van der Waals surface area contributed by atoms with Crippen molar-refractivity contribution in [2.24, 2.45) is 35.5 Å². The van der Waals surface area contributed by atoms with Crippen LogP contribution >= 0.6 is 0 Å². The predicted octanol–water partition coefficient (Wildman–Crippen LogP) is 9.86. The number of hydrogen-bond donors (Lipinski definition) is 1. The van der Waals surface area contributed by atoms with E-state index in [0.717, 1.165) is 24.8 Å². The third-order valence-electron chi connectivity index (χ3n) is 16.9. The molecule has 0 aromatic carbocycles. The molecule has 3 aliphatic heterocycles. The molecule has 0 unspecified atom stereocenters. The molecule has 15 heteroatoms. The second-order valence-corrected chi connectivity index (χ2v) is 28.4. The maximum Gasteiger partial charge on any atom is 0.329 e. The van der Waals surface area contributed by atoms with Crippen molar-refractivity contribution in [1.29, 1.82) is 0 Å². The zero-order valence-corrected chi connectivity index (χ0v) is 48.5. The third kappa shape index (κ3) is 16.4. The highest BCUT2D eigenvalue weighted by molar-refractivity contribution is 6.74. The number of cyclic esters (lactones) is 1. The molecule has 1 amide bonds. The zero-order chi connectivity index (χ0) is 54.6. The molecule has 3 fully saturated rings. The first kappa shape index (κ1) is 62.4. The van der Waals surface area contributed by atoms with E-state index in [0.29, 0.717) is 50.5 Å². The van der Waals surface area contributed by atoms with Gasteiger partial charge >= 0.3 is 5.97 Å². The first-order valence-electron chi connectivity index (χ1n) is 27.2.